The lowest BCUT2D eigenvalue weighted by Gasteiger charge is -2.22. The largest absolute Gasteiger partial charge is 0.491 e. The molecule has 0 aliphatic heterocycles. The normalized spacial score (nSPS) is 10.9. The van der Waals surface area contributed by atoms with Gasteiger partial charge in [0.15, 0.2) is 0 Å². The average Bonchev–Trinajstić information content (AvgIpc) is 3.22. The van der Waals surface area contributed by atoms with Gasteiger partial charge < -0.3 is 33.7 Å². The SMILES string of the molecule is CCn1c(-c2ccc(NC(=O)N(CCOC)CCOC)cc2)c(C#N)c2ccc(OCCOC)cc21. The maximum atomic E-state index is 12.8. The Hall–Kier alpha value is -3.58. The third-order valence-electron chi connectivity index (χ3n) is 5.85. The Morgan fingerprint density at radius 1 is 0.972 bits per heavy atom. The van der Waals surface area contributed by atoms with E-state index in [0.717, 1.165) is 27.9 Å². The van der Waals surface area contributed by atoms with Gasteiger partial charge in [-0.25, -0.2) is 4.79 Å². The molecule has 0 unspecified atom stereocenters. The van der Waals surface area contributed by atoms with Crippen LogP contribution in [0.2, 0.25) is 0 Å². The summed E-state index contributed by atoms with van der Waals surface area (Å²) in [4.78, 5) is 14.4. The number of anilines is 1. The quantitative estimate of drug-likeness (QED) is 0.355. The number of hydrogen-bond acceptors (Lipinski definition) is 6. The predicted molar refractivity (Wildman–Crippen MR) is 139 cm³/mol. The minimum atomic E-state index is -0.224. The molecule has 0 atom stereocenters. The van der Waals surface area contributed by atoms with Gasteiger partial charge in [-0.15, -0.1) is 0 Å². The molecule has 1 heterocycles. The van der Waals surface area contributed by atoms with Crippen LogP contribution in [0.4, 0.5) is 10.5 Å². The number of nitriles is 1. The number of ether oxygens (including phenoxy) is 4. The molecule has 3 aromatic rings. The molecule has 3 rings (SSSR count). The van der Waals surface area contributed by atoms with Gasteiger partial charge in [0, 0.05) is 58.1 Å². The second kappa shape index (κ2) is 13.5. The lowest BCUT2D eigenvalue weighted by Crippen LogP contribution is -2.39. The smallest absolute Gasteiger partial charge is 0.321 e. The highest BCUT2D eigenvalue weighted by Crippen LogP contribution is 2.35. The zero-order chi connectivity index (χ0) is 25.9. The van der Waals surface area contributed by atoms with Crippen molar-refractivity contribution in [1.29, 1.82) is 5.26 Å². The van der Waals surface area contributed by atoms with E-state index in [2.05, 4.69) is 16.0 Å². The van der Waals surface area contributed by atoms with Gasteiger partial charge >= 0.3 is 6.03 Å². The Labute approximate surface area is 212 Å². The Balaban J connectivity index is 1.87. The van der Waals surface area contributed by atoms with Crippen molar-refractivity contribution < 1.29 is 23.7 Å². The van der Waals surface area contributed by atoms with Crippen LogP contribution in [-0.4, -0.2) is 76.3 Å². The van der Waals surface area contributed by atoms with Crippen molar-refractivity contribution in [3.8, 4) is 23.1 Å². The maximum Gasteiger partial charge on any atom is 0.321 e. The Kier molecular flexibility index (Phi) is 10.1. The van der Waals surface area contributed by atoms with Crippen molar-refractivity contribution in [1.82, 2.24) is 9.47 Å². The number of amides is 2. The van der Waals surface area contributed by atoms with Crippen LogP contribution in [0, 0.1) is 11.3 Å². The van der Waals surface area contributed by atoms with Crippen molar-refractivity contribution in [2.75, 3.05) is 66.2 Å². The second-order valence-electron chi connectivity index (χ2n) is 8.08. The Morgan fingerprint density at radius 3 is 2.22 bits per heavy atom. The van der Waals surface area contributed by atoms with E-state index in [-0.39, 0.29) is 6.03 Å². The summed E-state index contributed by atoms with van der Waals surface area (Å²) in [6, 6.07) is 15.4. The first-order valence-corrected chi connectivity index (χ1v) is 11.9. The average molecular weight is 495 g/mol. The Morgan fingerprint density at radius 2 is 1.64 bits per heavy atom. The summed E-state index contributed by atoms with van der Waals surface area (Å²) in [6.45, 7) is 5.48. The number of rotatable bonds is 13. The molecular formula is C27H34N4O5. The number of nitrogens with one attached hydrogen (secondary N) is 1. The van der Waals surface area contributed by atoms with Gasteiger partial charge in [-0.2, -0.15) is 5.26 Å². The van der Waals surface area contributed by atoms with E-state index in [0.29, 0.717) is 57.3 Å². The summed E-state index contributed by atoms with van der Waals surface area (Å²) in [5.41, 5.74) is 3.93. The number of fused-ring (bicyclic) bond motifs is 1. The first-order valence-electron chi connectivity index (χ1n) is 11.9. The van der Waals surface area contributed by atoms with Crippen molar-refractivity contribution in [2.24, 2.45) is 0 Å². The number of urea groups is 1. The second-order valence-corrected chi connectivity index (χ2v) is 8.08. The minimum absolute atomic E-state index is 0.224. The summed E-state index contributed by atoms with van der Waals surface area (Å²) in [5.74, 6) is 0.729. The summed E-state index contributed by atoms with van der Waals surface area (Å²) in [6.07, 6.45) is 0. The number of carbonyl (C=O) groups is 1. The van der Waals surface area contributed by atoms with Gasteiger partial charge in [0.2, 0.25) is 0 Å². The van der Waals surface area contributed by atoms with Gasteiger partial charge in [0.1, 0.15) is 18.4 Å². The molecule has 36 heavy (non-hydrogen) atoms. The molecule has 0 bridgehead atoms. The van der Waals surface area contributed by atoms with Gasteiger partial charge in [-0.1, -0.05) is 12.1 Å². The van der Waals surface area contributed by atoms with Gasteiger partial charge in [0.25, 0.3) is 0 Å². The van der Waals surface area contributed by atoms with E-state index in [1.807, 2.05) is 49.4 Å². The van der Waals surface area contributed by atoms with E-state index in [9.17, 15) is 10.1 Å². The number of methoxy groups -OCH3 is 3. The molecule has 9 nitrogen and oxygen atoms in total. The molecule has 192 valence electrons. The number of hydrogen-bond donors (Lipinski definition) is 1. The number of nitrogens with zero attached hydrogens (tertiary/aromatic N) is 3. The van der Waals surface area contributed by atoms with Crippen LogP contribution in [0.3, 0.4) is 0 Å². The van der Waals surface area contributed by atoms with Gasteiger partial charge in [-0.3, -0.25) is 0 Å². The zero-order valence-electron chi connectivity index (χ0n) is 21.4. The topological polar surface area (TPSA) is 98.0 Å². The van der Waals surface area contributed by atoms with Crippen LogP contribution < -0.4 is 10.1 Å². The first-order chi connectivity index (χ1) is 17.6. The van der Waals surface area contributed by atoms with Crippen LogP contribution in [-0.2, 0) is 20.8 Å². The number of aromatic nitrogens is 1. The molecule has 0 spiro atoms. The fourth-order valence-electron chi connectivity index (χ4n) is 4.04. The van der Waals surface area contributed by atoms with E-state index in [1.54, 1.807) is 26.2 Å². The van der Waals surface area contributed by atoms with E-state index in [1.165, 1.54) is 0 Å². The summed E-state index contributed by atoms with van der Waals surface area (Å²) in [7, 11) is 4.84. The van der Waals surface area contributed by atoms with E-state index < -0.39 is 0 Å². The van der Waals surface area contributed by atoms with Crippen molar-refractivity contribution >= 4 is 22.6 Å². The van der Waals surface area contributed by atoms with Crippen molar-refractivity contribution in [3.63, 3.8) is 0 Å². The number of carbonyl (C=O) groups excluding carboxylic acids is 1. The molecule has 0 fully saturated rings. The third-order valence-corrected chi connectivity index (χ3v) is 5.85. The monoisotopic (exact) mass is 494 g/mol. The maximum absolute atomic E-state index is 12.8. The summed E-state index contributed by atoms with van der Waals surface area (Å²) < 4.78 is 23.2. The minimum Gasteiger partial charge on any atom is -0.491 e. The molecule has 0 saturated heterocycles. The lowest BCUT2D eigenvalue weighted by molar-refractivity contribution is 0.127. The summed E-state index contributed by atoms with van der Waals surface area (Å²) in [5, 5.41) is 13.8. The van der Waals surface area contributed by atoms with Crippen LogP contribution in [0.5, 0.6) is 5.75 Å². The molecule has 2 amide bonds. The standard InChI is InChI=1S/C27H34N4O5/c1-5-31-25-18-22(36-17-16-35-4)10-11-23(25)24(19-28)26(31)20-6-8-21(9-7-20)29-27(32)30(12-14-33-2)13-15-34-3/h6-11,18H,5,12-17H2,1-4H3,(H,29,32). The molecule has 9 heteroatoms. The summed E-state index contributed by atoms with van der Waals surface area (Å²) >= 11 is 0. The molecule has 0 saturated carbocycles. The van der Waals surface area contributed by atoms with Crippen molar-refractivity contribution in [3.05, 3.63) is 48.0 Å². The van der Waals surface area contributed by atoms with E-state index >= 15 is 0 Å². The van der Waals surface area contributed by atoms with Crippen molar-refractivity contribution in [2.45, 2.75) is 13.5 Å². The third kappa shape index (κ3) is 6.34. The van der Waals surface area contributed by atoms with Crippen LogP contribution >= 0.6 is 0 Å². The number of aryl methyl sites for hydroxylation is 1. The van der Waals surface area contributed by atoms with Crippen LogP contribution in [0.1, 0.15) is 12.5 Å². The molecular weight excluding hydrogens is 460 g/mol. The van der Waals surface area contributed by atoms with E-state index in [4.69, 9.17) is 18.9 Å². The molecule has 0 aliphatic carbocycles. The highest BCUT2D eigenvalue weighted by Gasteiger charge is 2.19. The highest BCUT2D eigenvalue weighted by molar-refractivity contribution is 5.96. The molecule has 0 radical (unpaired) electrons. The Bertz CT molecular complexity index is 1180. The van der Waals surface area contributed by atoms with Crippen LogP contribution in [0.25, 0.3) is 22.2 Å². The predicted octanol–water partition coefficient (Wildman–Crippen LogP) is 4.35. The first kappa shape index (κ1) is 27.0. The molecule has 2 aromatic carbocycles. The fraction of sp³-hybridized carbons (Fsp3) is 0.407. The molecule has 1 N–H and O–H groups in total. The van der Waals surface area contributed by atoms with Gasteiger partial charge in [0.05, 0.1) is 36.6 Å². The molecule has 0 aliphatic rings. The molecule has 1 aromatic heterocycles. The lowest BCUT2D eigenvalue weighted by atomic mass is 10.1. The zero-order valence-corrected chi connectivity index (χ0v) is 21.4. The van der Waals surface area contributed by atoms with Gasteiger partial charge in [-0.05, 0) is 36.8 Å². The number of benzene rings is 2. The fourth-order valence-corrected chi connectivity index (χ4v) is 4.04. The highest BCUT2D eigenvalue weighted by atomic mass is 16.5. The van der Waals surface area contributed by atoms with Crippen LogP contribution in [0.15, 0.2) is 42.5 Å².